The van der Waals surface area contributed by atoms with Crippen molar-refractivity contribution in [2.75, 3.05) is 10.6 Å². The summed E-state index contributed by atoms with van der Waals surface area (Å²) >= 11 is 0. The van der Waals surface area contributed by atoms with Crippen LogP contribution in [-0.4, -0.2) is 16.9 Å². The molecule has 0 aliphatic heterocycles. The molecule has 3 N–H and O–H groups in total. The molecular weight excluding hydrogens is 292 g/mol. The van der Waals surface area contributed by atoms with E-state index in [0.29, 0.717) is 16.9 Å². The number of hydrogen-bond acceptors (Lipinski definition) is 3. The zero-order chi connectivity index (χ0) is 16.2. The summed E-state index contributed by atoms with van der Waals surface area (Å²) in [7, 11) is 0. The number of hydrogen-bond donors (Lipinski definition) is 3. The third-order valence-corrected chi connectivity index (χ3v) is 3.71. The Labute approximate surface area is 134 Å². The van der Waals surface area contributed by atoms with Crippen molar-refractivity contribution >= 4 is 23.2 Å². The van der Waals surface area contributed by atoms with Gasteiger partial charge in [-0.3, -0.25) is 9.59 Å². The Kier molecular flexibility index (Phi) is 4.39. The maximum absolute atomic E-state index is 12.1. The molecule has 1 fully saturated rings. The number of benzene rings is 2. The lowest BCUT2D eigenvalue weighted by atomic mass is 10.1. The van der Waals surface area contributed by atoms with E-state index < -0.39 is 12.0 Å². The van der Waals surface area contributed by atoms with Crippen LogP contribution in [0.25, 0.3) is 0 Å². The molecule has 5 nitrogen and oxygen atoms in total. The average Bonchev–Trinajstić information content (AvgIpc) is 3.40. The van der Waals surface area contributed by atoms with Crippen molar-refractivity contribution in [3.8, 4) is 0 Å². The van der Waals surface area contributed by atoms with Gasteiger partial charge >= 0.3 is 0 Å². The Morgan fingerprint density at radius 3 is 2.26 bits per heavy atom. The van der Waals surface area contributed by atoms with Crippen LogP contribution in [0.5, 0.6) is 0 Å². The highest BCUT2D eigenvalue weighted by atomic mass is 16.3. The first-order chi connectivity index (χ1) is 11.1. The Balaban J connectivity index is 1.65. The zero-order valence-corrected chi connectivity index (χ0v) is 12.5. The van der Waals surface area contributed by atoms with Crippen LogP contribution in [0.2, 0.25) is 0 Å². The molecular formula is C18H18N2O3. The second-order valence-corrected chi connectivity index (χ2v) is 5.65. The molecule has 3 rings (SSSR count). The van der Waals surface area contributed by atoms with Gasteiger partial charge in [-0.15, -0.1) is 0 Å². The predicted octanol–water partition coefficient (Wildman–Crippen LogP) is 2.71. The van der Waals surface area contributed by atoms with Crippen LogP contribution < -0.4 is 10.6 Å². The number of rotatable bonds is 5. The normalized spacial score (nSPS) is 14.8. The van der Waals surface area contributed by atoms with Gasteiger partial charge in [0, 0.05) is 17.3 Å². The van der Waals surface area contributed by atoms with E-state index in [9.17, 15) is 14.7 Å². The van der Waals surface area contributed by atoms with E-state index in [0.717, 1.165) is 12.8 Å². The molecule has 0 spiro atoms. The van der Waals surface area contributed by atoms with Crippen molar-refractivity contribution in [2.45, 2.75) is 18.9 Å². The van der Waals surface area contributed by atoms with Crippen LogP contribution >= 0.6 is 0 Å². The fraction of sp³-hybridized carbons (Fsp3) is 0.222. The van der Waals surface area contributed by atoms with E-state index in [1.54, 1.807) is 48.5 Å². The molecule has 0 radical (unpaired) electrons. The standard InChI is InChI=1S/C18H18N2O3/c21-16(12-5-2-1-3-6-12)18(23)20-15-8-4-7-14(11-15)19-17(22)13-9-10-13/h1-8,11,13,16,21H,9-10H2,(H,19,22)(H,20,23). The number of aliphatic hydroxyl groups is 1. The maximum Gasteiger partial charge on any atom is 0.257 e. The first-order valence-corrected chi connectivity index (χ1v) is 7.58. The average molecular weight is 310 g/mol. The largest absolute Gasteiger partial charge is 0.378 e. The van der Waals surface area contributed by atoms with E-state index in [1.165, 1.54) is 0 Å². The van der Waals surface area contributed by atoms with Gasteiger partial charge in [-0.2, -0.15) is 0 Å². The summed E-state index contributed by atoms with van der Waals surface area (Å²) in [4.78, 5) is 23.9. The molecule has 2 aromatic carbocycles. The highest BCUT2D eigenvalue weighted by Gasteiger charge is 2.29. The fourth-order valence-electron chi connectivity index (χ4n) is 2.26. The van der Waals surface area contributed by atoms with Gasteiger partial charge in [-0.25, -0.2) is 0 Å². The van der Waals surface area contributed by atoms with Crippen LogP contribution in [0.3, 0.4) is 0 Å². The number of anilines is 2. The van der Waals surface area contributed by atoms with Gasteiger partial charge in [0.05, 0.1) is 0 Å². The third kappa shape index (κ3) is 3.96. The van der Waals surface area contributed by atoms with Crippen molar-refractivity contribution in [1.29, 1.82) is 0 Å². The summed E-state index contributed by atoms with van der Waals surface area (Å²) in [6.07, 6.45) is 0.637. The van der Waals surface area contributed by atoms with Crippen LogP contribution in [0.1, 0.15) is 24.5 Å². The van der Waals surface area contributed by atoms with Crippen LogP contribution in [0.15, 0.2) is 54.6 Å². The topological polar surface area (TPSA) is 78.4 Å². The molecule has 2 amide bonds. The molecule has 5 heteroatoms. The van der Waals surface area contributed by atoms with Crippen molar-refractivity contribution in [2.24, 2.45) is 5.92 Å². The Morgan fingerprint density at radius 2 is 1.61 bits per heavy atom. The highest BCUT2D eigenvalue weighted by Crippen LogP contribution is 2.30. The molecule has 1 saturated carbocycles. The van der Waals surface area contributed by atoms with Crippen molar-refractivity contribution in [3.05, 3.63) is 60.2 Å². The molecule has 0 aromatic heterocycles. The van der Waals surface area contributed by atoms with E-state index in [1.807, 2.05) is 6.07 Å². The lowest BCUT2D eigenvalue weighted by Gasteiger charge is -2.12. The molecule has 1 unspecified atom stereocenters. The molecule has 118 valence electrons. The number of aliphatic hydroxyl groups excluding tert-OH is 1. The molecule has 23 heavy (non-hydrogen) atoms. The van der Waals surface area contributed by atoms with Crippen LogP contribution in [0.4, 0.5) is 11.4 Å². The van der Waals surface area contributed by atoms with Gasteiger partial charge in [0.2, 0.25) is 5.91 Å². The fourth-order valence-corrected chi connectivity index (χ4v) is 2.26. The van der Waals surface area contributed by atoms with E-state index in [-0.39, 0.29) is 11.8 Å². The smallest absolute Gasteiger partial charge is 0.257 e. The second kappa shape index (κ2) is 6.62. The minimum absolute atomic E-state index is 0.0118. The Morgan fingerprint density at radius 1 is 0.957 bits per heavy atom. The van der Waals surface area contributed by atoms with Crippen molar-refractivity contribution in [3.63, 3.8) is 0 Å². The molecule has 1 atom stereocenters. The lowest BCUT2D eigenvalue weighted by Crippen LogP contribution is -2.21. The summed E-state index contributed by atoms with van der Waals surface area (Å²) in [5, 5.41) is 15.5. The van der Waals surface area contributed by atoms with E-state index >= 15 is 0 Å². The van der Waals surface area contributed by atoms with Gasteiger partial charge in [0.25, 0.3) is 5.91 Å². The van der Waals surface area contributed by atoms with E-state index in [2.05, 4.69) is 10.6 Å². The Bertz CT molecular complexity index is 711. The number of carbonyl (C=O) groups is 2. The predicted molar refractivity (Wildman–Crippen MR) is 87.8 cm³/mol. The number of carbonyl (C=O) groups excluding carboxylic acids is 2. The van der Waals surface area contributed by atoms with Crippen LogP contribution in [-0.2, 0) is 9.59 Å². The maximum atomic E-state index is 12.1. The number of amides is 2. The zero-order valence-electron chi connectivity index (χ0n) is 12.5. The molecule has 1 aliphatic carbocycles. The number of nitrogens with one attached hydrogen (secondary N) is 2. The monoisotopic (exact) mass is 310 g/mol. The van der Waals surface area contributed by atoms with Gasteiger partial charge in [0.15, 0.2) is 6.10 Å². The van der Waals surface area contributed by atoms with Crippen molar-refractivity contribution < 1.29 is 14.7 Å². The highest BCUT2D eigenvalue weighted by molar-refractivity contribution is 5.97. The first-order valence-electron chi connectivity index (χ1n) is 7.58. The molecule has 0 bridgehead atoms. The molecule has 0 heterocycles. The SMILES string of the molecule is O=C(Nc1cccc(NC(=O)C(O)c2ccccc2)c1)C1CC1. The quantitative estimate of drug-likeness (QED) is 0.794. The summed E-state index contributed by atoms with van der Waals surface area (Å²) in [5.74, 6) is -0.382. The molecule has 2 aromatic rings. The minimum atomic E-state index is -1.24. The lowest BCUT2D eigenvalue weighted by molar-refractivity contribution is -0.124. The summed E-state index contributed by atoms with van der Waals surface area (Å²) < 4.78 is 0. The summed E-state index contributed by atoms with van der Waals surface area (Å²) in [5.41, 5.74) is 1.69. The van der Waals surface area contributed by atoms with Gasteiger partial charge in [-0.05, 0) is 36.6 Å². The summed E-state index contributed by atoms with van der Waals surface area (Å²) in [6.45, 7) is 0. The van der Waals surface area contributed by atoms with Crippen LogP contribution in [0, 0.1) is 5.92 Å². The first kappa shape index (κ1) is 15.2. The third-order valence-electron chi connectivity index (χ3n) is 3.71. The van der Waals surface area contributed by atoms with Gasteiger partial charge in [-0.1, -0.05) is 36.4 Å². The molecule has 0 saturated heterocycles. The van der Waals surface area contributed by atoms with E-state index in [4.69, 9.17) is 0 Å². The Hall–Kier alpha value is -2.66. The second-order valence-electron chi connectivity index (χ2n) is 5.65. The summed E-state index contributed by atoms with van der Waals surface area (Å²) in [6, 6.07) is 15.6. The minimum Gasteiger partial charge on any atom is -0.378 e. The van der Waals surface area contributed by atoms with Crippen molar-refractivity contribution in [1.82, 2.24) is 0 Å². The van der Waals surface area contributed by atoms with Gasteiger partial charge < -0.3 is 15.7 Å². The van der Waals surface area contributed by atoms with Gasteiger partial charge in [0.1, 0.15) is 0 Å². The molecule has 1 aliphatic rings.